The second-order valence-corrected chi connectivity index (χ2v) is 6.43. The van der Waals surface area contributed by atoms with Crippen LogP contribution >= 0.6 is 0 Å². The number of unbranched alkanes of at least 4 members (excludes halogenated alkanes) is 1. The van der Waals surface area contributed by atoms with E-state index in [2.05, 4.69) is 6.92 Å². The Morgan fingerprint density at radius 3 is 2.00 bits per heavy atom. The molecule has 0 aliphatic rings. The third kappa shape index (κ3) is 6.63. The molecule has 0 aromatic heterocycles. The Morgan fingerprint density at radius 1 is 1.05 bits per heavy atom. The molecule has 0 fully saturated rings. The topological polar surface area (TPSA) is 63.6 Å². The first-order chi connectivity index (χ1) is 10.3. The van der Waals surface area contributed by atoms with Gasteiger partial charge in [0, 0.05) is 11.1 Å². The van der Waals surface area contributed by atoms with E-state index in [1.54, 1.807) is 13.8 Å². The molecule has 22 heavy (non-hydrogen) atoms. The molecule has 0 bridgehead atoms. The molecule has 0 aromatic carbocycles. The van der Waals surface area contributed by atoms with E-state index in [9.17, 15) is 14.7 Å². The molecule has 0 radical (unpaired) electrons. The van der Waals surface area contributed by atoms with E-state index in [0.29, 0.717) is 12.0 Å². The van der Waals surface area contributed by atoms with E-state index in [-0.39, 0.29) is 23.5 Å². The number of carboxylic acids is 1. The van der Waals surface area contributed by atoms with Crippen molar-refractivity contribution in [3.63, 3.8) is 0 Å². The lowest BCUT2D eigenvalue weighted by Crippen LogP contribution is -2.26. The fourth-order valence-electron chi connectivity index (χ4n) is 2.46. The SMILES string of the molecule is CCCCC(OC(=O)/C(CCC)=C(\C(=O)O)C(C)C)C(C)C. The summed E-state index contributed by atoms with van der Waals surface area (Å²) in [6.45, 7) is 11.7. The van der Waals surface area contributed by atoms with Gasteiger partial charge >= 0.3 is 11.9 Å². The highest BCUT2D eigenvalue weighted by Crippen LogP contribution is 2.23. The number of carboxylic acid groups (broad SMARTS) is 1. The van der Waals surface area contributed by atoms with Gasteiger partial charge in [0.05, 0.1) is 0 Å². The molecule has 0 saturated heterocycles. The van der Waals surface area contributed by atoms with Crippen LogP contribution in [0.15, 0.2) is 11.1 Å². The van der Waals surface area contributed by atoms with Gasteiger partial charge in [0.1, 0.15) is 6.10 Å². The predicted molar refractivity (Wildman–Crippen MR) is 88.7 cm³/mol. The van der Waals surface area contributed by atoms with Crippen LogP contribution in [0.2, 0.25) is 0 Å². The van der Waals surface area contributed by atoms with Crippen LogP contribution in [0.1, 0.15) is 73.6 Å². The van der Waals surface area contributed by atoms with E-state index in [0.717, 1.165) is 25.7 Å². The molecule has 0 aromatic rings. The number of carbonyl (C=O) groups is 2. The first-order valence-corrected chi connectivity index (χ1v) is 8.43. The van der Waals surface area contributed by atoms with Gasteiger partial charge in [-0.3, -0.25) is 0 Å². The number of esters is 1. The van der Waals surface area contributed by atoms with E-state index in [4.69, 9.17) is 4.74 Å². The lowest BCUT2D eigenvalue weighted by Gasteiger charge is -2.23. The van der Waals surface area contributed by atoms with Crippen LogP contribution in [0, 0.1) is 11.8 Å². The number of hydrogen-bond acceptors (Lipinski definition) is 3. The molecule has 0 amide bonds. The van der Waals surface area contributed by atoms with Gasteiger partial charge in [-0.05, 0) is 24.7 Å². The van der Waals surface area contributed by atoms with Crippen molar-refractivity contribution in [1.29, 1.82) is 0 Å². The zero-order valence-electron chi connectivity index (χ0n) is 14.9. The van der Waals surface area contributed by atoms with Gasteiger partial charge in [0.25, 0.3) is 0 Å². The van der Waals surface area contributed by atoms with Crippen molar-refractivity contribution in [3.8, 4) is 0 Å². The monoisotopic (exact) mass is 312 g/mol. The largest absolute Gasteiger partial charge is 0.478 e. The van der Waals surface area contributed by atoms with Crippen molar-refractivity contribution in [2.75, 3.05) is 0 Å². The summed E-state index contributed by atoms with van der Waals surface area (Å²) in [4.78, 5) is 24.0. The summed E-state index contributed by atoms with van der Waals surface area (Å²) < 4.78 is 5.65. The summed E-state index contributed by atoms with van der Waals surface area (Å²) in [7, 11) is 0. The summed E-state index contributed by atoms with van der Waals surface area (Å²) in [5.74, 6) is -1.46. The number of carbonyl (C=O) groups excluding carboxylic acids is 1. The van der Waals surface area contributed by atoms with Gasteiger partial charge in [0.2, 0.25) is 0 Å². The number of rotatable bonds is 10. The highest BCUT2D eigenvalue weighted by Gasteiger charge is 2.26. The quantitative estimate of drug-likeness (QED) is 0.473. The van der Waals surface area contributed by atoms with Gasteiger partial charge < -0.3 is 9.84 Å². The fraction of sp³-hybridized carbons (Fsp3) is 0.778. The molecule has 4 heteroatoms. The summed E-state index contributed by atoms with van der Waals surface area (Å²) >= 11 is 0. The molecule has 1 N–H and O–H groups in total. The Bertz CT molecular complexity index is 394. The molecule has 1 unspecified atom stereocenters. The smallest absolute Gasteiger partial charge is 0.334 e. The summed E-state index contributed by atoms with van der Waals surface area (Å²) in [5.41, 5.74) is 0.511. The number of hydrogen-bond donors (Lipinski definition) is 1. The minimum atomic E-state index is -1.02. The second kappa shape index (κ2) is 10.4. The van der Waals surface area contributed by atoms with Gasteiger partial charge in [-0.25, -0.2) is 9.59 Å². The lowest BCUT2D eigenvalue weighted by molar-refractivity contribution is -0.148. The number of ether oxygens (including phenoxy) is 1. The molecular weight excluding hydrogens is 280 g/mol. The van der Waals surface area contributed by atoms with Crippen LogP contribution < -0.4 is 0 Å². The van der Waals surface area contributed by atoms with Crippen LogP contribution in [-0.4, -0.2) is 23.1 Å². The molecule has 0 aliphatic heterocycles. The number of aliphatic carboxylic acids is 1. The van der Waals surface area contributed by atoms with E-state index < -0.39 is 11.9 Å². The Hall–Kier alpha value is -1.32. The average molecular weight is 312 g/mol. The molecule has 4 nitrogen and oxygen atoms in total. The third-order valence-corrected chi connectivity index (χ3v) is 3.72. The van der Waals surface area contributed by atoms with E-state index in [1.807, 2.05) is 20.8 Å². The predicted octanol–water partition coefficient (Wildman–Crippen LogP) is 4.58. The van der Waals surface area contributed by atoms with Gasteiger partial charge in [-0.2, -0.15) is 0 Å². The zero-order chi connectivity index (χ0) is 17.3. The fourth-order valence-corrected chi connectivity index (χ4v) is 2.46. The van der Waals surface area contributed by atoms with Crippen LogP contribution in [0.5, 0.6) is 0 Å². The molecule has 128 valence electrons. The third-order valence-electron chi connectivity index (χ3n) is 3.72. The van der Waals surface area contributed by atoms with Crippen molar-refractivity contribution < 1.29 is 19.4 Å². The van der Waals surface area contributed by atoms with E-state index in [1.165, 1.54) is 0 Å². The van der Waals surface area contributed by atoms with Crippen LogP contribution in [0.4, 0.5) is 0 Å². The molecule has 1 atom stereocenters. The first kappa shape index (κ1) is 20.7. The Balaban J connectivity index is 5.36. The summed E-state index contributed by atoms with van der Waals surface area (Å²) in [5, 5.41) is 9.41. The molecule has 0 heterocycles. The maximum absolute atomic E-state index is 12.5. The van der Waals surface area contributed by atoms with Gasteiger partial charge in [0.15, 0.2) is 0 Å². The molecule has 0 rings (SSSR count). The Labute approximate surface area is 134 Å². The Morgan fingerprint density at radius 2 is 1.64 bits per heavy atom. The van der Waals surface area contributed by atoms with E-state index >= 15 is 0 Å². The standard InChI is InChI=1S/C18H32O4/c1-7-9-11-15(12(3)4)22-18(21)14(10-8-2)16(13(5)6)17(19)20/h12-13,15H,7-11H2,1-6H3,(H,19,20)/b16-14-. The van der Waals surface area contributed by atoms with Crippen molar-refractivity contribution >= 4 is 11.9 Å². The van der Waals surface area contributed by atoms with Crippen molar-refractivity contribution in [1.82, 2.24) is 0 Å². The van der Waals surface area contributed by atoms with Gasteiger partial charge in [-0.1, -0.05) is 60.8 Å². The minimum Gasteiger partial charge on any atom is -0.478 e. The van der Waals surface area contributed by atoms with Crippen LogP contribution in [-0.2, 0) is 14.3 Å². The molecule has 0 saturated carbocycles. The highest BCUT2D eigenvalue weighted by atomic mass is 16.5. The van der Waals surface area contributed by atoms with Gasteiger partial charge in [-0.15, -0.1) is 0 Å². The molecule has 0 aliphatic carbocycles. The first-order valence-electron chi connectivity index (χ1n) is 8.43. The molecule has 0 spiro atoms. The normalized spacial score (nSPS) is 14.0. The van der Waals surface area contributed by atoms with Crippen molar-refractivity contribution in [2.45, 2.75) is 79.8 Å². The second-order valence-electron chi connectivity index (χ2n) is 6.43. The lowest BCUT2D eigenvalue weighted by atomic mass is 9.94. The maximum Gasteiger partial charge on any atom is 0.334 e. The van der Waals surface area contributed by atoms with Crippen molar-refractivity contribution in [2.24, 2.45) is 11.8 Å². The highest BCUT2D eigenvalue weighted by molar-refractivity contribution is 5.99. The average Bonchev–Trinajstić information content (AvgIpc) is 2.41. The van der Waals surface area contributed by atoms with Crippen molar-refractivity contribution in [3.05, 3.63) is 11.1 Å². The maximum atomic E-state index is 12.5. The van der Waals surface area contributed by atoms with Crippen LogP contribution in [0.3, 0.4) is 0 Å². The Kier molecular flexibility index (Phi) is 9.79. The summed E-state index contributed by atoms with van der Waals surface area (Å²) in [6.07, 6.45) is 3.88. The summed E-state index contributed by atoms with van der Waals surface area (Å²) in [6, 6.07) is 0. The minimum absolute atomic E-state index is 0.151. The zero-order valence-corrected chi connectivity index (χ0v) is 14.9. The molecular formula is C18H32O4. The van der Waals surface area contributed by atoms with Crippen LogP contribution in [0.25, 0.3) is 0 Å².